The van der Waals surface area contributed by atoms with Gasteiger partial charge in [-0.25, -0.2) is 9.50 Å². The molecule has 0 unspecified atom stereocenters. The summed E-state index contributed by atoms with van der Waals surface area (Å²) >= 11 is 1.46. The third-order valence-electron chi connectivity index (χ3n) is 4.62. The van der Waals surface area contributed by atoms with Crippen molar-refractivity contribution < 1.29 is 9.53 Å². The third kappa shape index (κ3) is 3.31. The zero-order chi connectivity index (χ0) is 19.0. The van der Waals surface area contributed by atoms with Crippen LogP contribution in [-0.4, -0.2) is 31.8 Å². The zero-order valence-corrected chi connectivity index (χ0v) is 16.7. The van der Waals surface area contributed by atoms with E-state index in [1.165, 1.54) is 11.8 Å². The fourth-order valence-electron chi connectivity index (χ4n) is 2.91. The van der Waals surface area contributed by atoms with Crippen molar-refractivity contribution in [2.75, 3.05) is 6.26 Å². The summed E-state index contributed by atoms with van der Waals surface area (Å²) in [4.78, 5) is 21.4. The van der Waals surface area contributed by atoms with E-state index in [0.717, 1.165) is 33.6 Å². The van der Waals surface area contributed by atoms with E-state index in [2.05, 4.69) is 15.1 Å². The Hall–Kier alpha value is -2.41. The second kappa shape index (κ2) is 7.07. The molecule has 26 heavy (non-hydrogen) atoms. The molecule has 0 saturated carbocycles. The van der Waals surface area contributed by atoms with Crippen LogP contribution in [0.3, 0.4) is 0 Å². The van der Waals surface area contributed by atoms with Crippen molar-refractivity contribution in [2.24, 2.45) is 0 Å². The molecule has 6 nitrogen and oxygen atoms in total. The Kier molecular flexibility index (Phi) is 5.00. The summed E-state index contributed by atoms with van der Waals surface area (Å²) in [5, 5.41) is 5.08. The van der Waals surface area contributed by atoms with Gasteiger partial charge in [-0.3, -0.25) is 4.79 Å². The molecule has 0 N–H and O–H groups in total. The number of fused-ring (bicyclic) bond motifs is 1. The number of rotatable bonds is 4. The van der Waals surface area contributed by atoms with Crippen molar-refractivity contribution in [1.29, 1.82) is 0 Å². The Balaban J connectivity index is 1.91. The number of aromatic nitrogens is 4. The Morgan fingerprint density at radius 3 is 2.50 bits per heavy atom. The SMILES string of the molecule is CSc1nc2nc(C)c(CC(=O)Oc3c(C)ccc(C)c3C)c(C)n2n1. The van der Waals surface area contributed by atoms with Crippen LogP contribution < -0.4 is 4.74 Å². The van der Waals surface area contributed by atoms with E-state index in [1.807, 2.05) is 53.0 Å². The van der Waals surface area contributed by atoms with Crippen LogP contribution in [0.2, 0.25) is 0 Å². The first-order valence-corrected chi connectivity index (χ1v) is 9.58. The quantitative estimate of drug-likeness (QED) is 0.397. The van der Waals surface area contributed by atoms with Gasteiger partial charge in [0.1, 0.15) is 5.75 Å². The van der Waals surface area contributed by atoms with Gasteiger partial charge >= 0.3 is 5.97 Å². The number of thioether (sulfide) groups is 1. The molecule has 2 aromatic heterocycles. The summed E-state index contributed by atoms with van der Waals surface area (Å²) in [6.45, 7) is 9.72. The number of nitrogens with zero attached hydrogens (tertiary/aromatic N) is 4. The zero-order valence-electron chi connectivity index (χ0n) is 15.9. The van der Waals surface area contributed by atoms with Crippen LogP contribution in [0.4, 0.5) is 0 Å². The first-order chi connectivity index (χ1) is 12.3. The van der Waals surface area contributed by atoms with Crippen molar-refractivity contribution in [3.05, 3.63) is 45.8 Å². The molecule has 0 aliphatic rings. The average molecular weight is 370 g/mol. The smallest absolute Gasteiger partial charge is 0.315 e. The topological polar surface area (TPSA) is 69.4 Å². The van der Waals surface area contributed by atoms with Crippen LogP contribution in [0, 0.1) is 34.6 Å². The van der Waals surface area contributed by atoms with E-state index in [9.17, 15) is 4.79 Å². The molecule has 2 heterocycles. The van der Waals surface area contributed by atoms with E-state index in [-0.39, 0.29) is 12.4 Å². The van der Waals surface area contributed by atoms with Gasteiger partial charge in [0, 0.05) is 17.0 Å². The fourth-order valence-corrected chi connectivity index (χ4v) is 3.25. The maximum absolute atomic E-state index is 12.6. The molecular weight excluding hydrogens is 348 g/mol. The van der Waals surface area contributed by atoms with Gasteiger partial charge in [-0.15, -0.1) is 5.10 Å². The number of esters is 1. The lowest BCUT2D eigenvalue weighted by Crippen LogP contribution is -2.16. The molecule has 3 aromatic rings. The standard InChI is InChI=1S/C19H22N4O2S/c1-10-7-8-11(2)17(12(10)3)25-16(24)9-15-13(4)20-18-21-19(26-6)22-23(18)14(15)5/h7-8H,9H2,1-6H3. The molecule has 7 heteroatoms. The number of aryl methyl sites for hydroxylation is 4. The summed E-state index contributed by atoms with van der Waals surface area (Å²) < 4.78 is 7.38. The van der Waals surface area contributed by atoms with Gasteiger partial charge in [-0.1, -0.05) is 23.9 Å². The molecule has 3 rings (SSSR count). The van der Waals surface area contributed by atoms with Crippen LogP contribution in [0.1, 0.15) is 33.6 Å². The fraction of sp³-hybridized carbons (Fsp3) is 0.368. The highest BCUT2D eigenvalue weighted by molar-refractivity contribution is 7.98. The Morgan fingerprint density at radius 1 is 1.12 bits per heavy atom. The lowest BCUT2D eigenvalue weighted by Gasteiger charge is -2.14. The van der Waals surface area contributed by atoms with Crippen LogP contribution in [0.5, 0.6) is 5.75 Å². The minimum atomic E-state index is -0.306. The number of carbonyl (C=O) groups excluding carboxylic acids is 1. The van der Waals surface area contributed by atoms with Gasteiger partial charge in [0.2, 0.25) is 5.16 Å². The molecule has 0 saturated heterocycles. The monoisotopic (exact) mass is 370 g/mol. The van der Waals surface area contributed by atoms with E-state index in [0.29, 0.717) is 16.7 Å². The van der Waals surface area contributed by atoms with Crippen molar-refractivity contribution in [3.63, 3.8) is 0 Å². The minimum Gasteiger partial charge on any atom is -0.426 e. The highest BCUT2D eigenvalue weighted by Crippen LogP contribution is 2.26. The largest absolute Gasteiger partial charge is 0.426 e. The van der Waals surface area contributed by atoms with E-state index < -0.39 is 0 Å². The maximum atomic E-state index is 12.6. The van der Waals surface area contributed by atoms with Crippen molar-refractivity contribution in [2.45, 2.75) is 46.2 Å². The average Bonchev–Trinajstić information content (AvgIpc) is 3.02. The van der Waals surface area contributed by atoms with Gasteiger partial charge in [0.15, 0.2) is 0 Å². The molecule has 0 amide bonds. The van der Waals surface area contributed by atoms with Gasteiger partial charge in [-0.2, -0.15) is 4.98 Å². The highest BCUT2D eigenvalue weighted by Gasteiger charge is 2.18. The van der Waals surface area contributed by atoms with Crippen LogP contribution in [0.25, 0.3) is 5.78 Å². The molecule has 0 bridgehead atoms. The molecule has 0 aliphatic carbocycles. The molecule has 0 spiro atoms. The molecule has 1 aromatic carbocycles. The van der Waals surface area contributed by atoms with Crippen LogP contribution in [-0.2, 0) is 11.2 Å². The third-order valence-corrected chi connectivity index (χ3v) is 5.16. The normalized spacial score (nSPS) is 11.2. The first kappa shape index (κ1) is 18.4. The van der Waals surface area contributed by atoms with E-state index >= 15 is 0 Å². The molecular formula is C19H22N4O2S. The number of benzene rings is 1. The first-order valence-electron chi connectivity index (χ1n) is 8.36. The van der Waals surface area contributed by atoms with Crippen LogP contribution in [0.15, 0.2) is 17.3 Å². The molecule has 0 radical (unpaired) electrons. The lowest BCUT2D eigenvalue weighted by atomic mass is 10.1. The van der Waals surface area contributed by atoms with Gasteiger partial charge in [0.25, 0.3) is 5.78 Å². The van der Waals surface area contributed by atoms with E-state index in [1.54, 1.807) is 4.52 Å². The van der Waals surface area contributed by atoms with Crippen molar-refractivity contribution in [1.82, 2.24) is 19.6 Å². The molecule has 0 atom stereocenters. The summed E-state index contributed by atoms with van der Waals surface area (Å²) in [6, 6.07) is 4.00. The van der Waals surface area contributed by atoms with Crippen LogP contribution >= 0.6 is 11.8 Å². The van der Waals surface area contributed by atoms with Gasteiger partial charge < -0.3 is 4.74 Å². The van der Waals surface area contributed by atoms with Gasteiger partial charge in [-0.05, 0) is 57.6 Å². The summed E-state index contributed by atoms with van der Waals surface area (Å²) in [6.07, 6.45) is 2.06. The number of hydrogen-bond donors (Lipinski definition) is 0. The number of carbonyl (C=O) groups is 1. The van der Waals surface area contributed by atoms with E-state index in [4.69, 9.17) is 4.74 Å². The molecule has 136 valence electrons. The van der Waals surface area contributed by atoms with Crippen molar-refractivity contribution in [3.8, 4) is 5.75 Å². The van der Waals surface area contributed by atoms with Crippen molar-refractivity contribution >= 4 is 23.5 Å². The predicted octanol–water partition coefficient (Wildman–Crippen LogP) is 3.54. The summed E-state index contributed by atoms with van der Waals surface area (Å²) in [5.41, 5.74) is 5.48. The highest BCUT2D eigenvalue weighted by atomic mass is 32.2. The lowest BCUT2D eigenvalue weighted by molar-refractivity contribution is -0.133. The Bertz CT molecular complexity index is 1010. The van der Waals surface area contributed by atoms with Gasteiger partial charge in [0.05, 0.1) is 6.42 Å². The molecule has 0 aliphatic heterocycles. The predicted molar refractivity (Wildman–Crippen MR) is 102 cm³/mol. The summed E-state index contributed by atoms with van der Waals surface area (Å²) in [7, 11) is 0. The second-order valence-corrected chi connectivity index (χ2v) is 7.15. The second-order valence-electron chi connectivity index (χ2n) is 6.38. The molecule has 0 fully saturated rings. The maximum Gasteiger partial charge on any atom is 0.315 e. The minimum absolute atomic E-state index is 0.141. The number of hydrogen-bond acceptors (Lipinski definition) is 6. The summed E-state index contributed by atoms with van der Waals surface area (Å²) in [5.74, 6) is 0.885. The Morgan fingerprint density at radius 2 is 1.81 bits per heavy atom. The Labute approximate surface area is 157 Å². The number of ether oxygens (including phenoxy) is 1.